The average Bonchev–Trinajstić information content (AvgIpc) is 2.51. The van der Waals surface area contributed by atoms with Crippen molar-refractivity contribution in [2.45, 2.75) is 0 Å². The Hall–Kier alpha value is -3.01. The van der Waals surface area contributed by atoms with Gasteiger partial charge in [-0.2, -0.15) is 0 Å². The van der Waals surface area contributed by atoms with Crippen molar-refractivity contribution in [3.63, 3.8) is 0 Å². The van der Waals surface area contributed by atoms with Gasteiger partial charge in [-0.1, -0.05) is 12.1 Å². The molecular formula is C17H14N2O2. The minimum atomic E-state index is 0.228. The maximum Gasteiger partial charge on any atom is 0.130 e. The fourth-order valence-electron chi connectivity index (χ4n) is 2.02. The zero-order chi connectivity index (χ0) is 14.7. The number of benzene rings is 2. The van der Waals surface area contributed by atoms with Crippen molar-refractivity contribution in [1.29, 1.82) is 0 Å². The van der Waals surface area contributed by atoms with Gasteiger partial charge in [-0.3, -0.25) is 0 Å². The zero-order valence-corrected chi connectivity index (χ0v) is 11.2. The Kier molecular flexibility index (Phi) is 3.43. The lowest BCUT2D eigenvalue weighted by Crippen LogP contribution is -1.93. The normalized spacial score (nSPS) is 10.3. The van der Waals surface area contributed by atoms with Crippen LogP contribution in [0.1, 0.15) is 0 Å². The van der Waals surface area contributed by atoms with Gasteiger partial charge in [-0.25, -0.2) is 4.98 Å². The van der Waals surface area contributed by atoms with E-state index in [1.54, 1.807) is 42.6 Å². The third-order valence-electron chi connectivity index (χ3n) is 3.10. The fourth-order valence-corrected chi connectivity index (χ4v) is 2.02. The van der Waals surface area contributed by atoms with Crippen molar-refractivity contribution in [3.8, 4) is 22.6 Å². The van der Waals surface area contributed by atoms with Crippen LogP contribution in [0.5, 0.6) is 11.5 Å². The summed E-state index contributed by atoms with van der Waals surface area (Å²) in [7, 11) is 0. The number of hydrogen-bond acceptors (Lipinski definition) is 4. The van der Waals surface area contributed by atoms with E-state index in [0.717, 1.165) is 16.8 Å². The van der Waals surface area contributed by atoms with E-state index < -0.39 is 0 Å². The Morgan fingerprint density at radius 3 is 2.00 bits per heavy atom. The van der Waals surface area contributed by atoms with Crippen LogP contribution in [0.4, 0.5) is 11.5 Å². The molecule has 4 nitrogen and oxygen atoms in total. The minimum Gasteiger partial charge on any atom is -0.508 e. The number of anilines is 2. The molecule has 104 valence electrons. The van der Waals surface area contributed by atoms with Gasteiger partial charge in [-0.15, -0.1) is 0 Å². The summed E-state index contributed by atoms with van der Waals surface area (Å²) in [5, 5.41) is 21.8. The summed E-state index contributed by atoms with van der Waals surface area (Å²) in [6.45, 7) is 0. The molecule has 21 heavy (non-hydrogen) atoms. The first-order valence-electron chi connectivity index (χ1n) is 6.52. The van der Waals surface area contributed by atoms with Crippen LogP contribution < -0.4 is 5.32 Å². The maximum atomic E-state index is 9.33. The Morgan fingerprint density at radius 2 is 1.33 bits per heavy atom. The van der Waals surface area contributed by atoms with E-state index in [2.05, 4.69) is 10.3 Å². The van der Waals surface area contributed by atoms with Crippen LogP contribution in [0, 0.1) is 0 Å². The number of hydrogen-bond donors (Lipinski definition) is 3. The SMILES string of the molecule is Oc1ccc(Nc2cc(-c3ccc(O)cc3)ccn2)cc1. The summed E-state index contributed by atoms with van der Waals surface area (Å²) in [5.74, 6) is 1.19. The molecule has 2 aromatic carbocycles. The van der Waals surface area contributed by atoms with Gasteiger partial charge in [0.05, 0.1) is 0 Å². The first kappa shape index (κ1) is 13.0. The lowest BCUT2D eigenvalue weighted by Gasteiger charge is -2.08. The highest BCUT2D eigenvalue weighted by molar-refractivity contribution is 5.69. The van der Waals surface area contributed by atoms with Gasteiger partial charge in [0.15, 0.2) is 0 Å². The molecule has 3 rings (SSSR count). The van der Waals surface area contributed by atoms with E-state index in [1.165, 1.54) is 0 Å². The fraction of sp³-hybridized carbons (Fsp3) is 0. The standard InChI is InChI=1S/C17H14N2O2/c20-15-5-1-12(2-6-15)13-9-10-18-17(11-13)19-14-3-7-16(21)8-4-14/h1-11,20-21H,(H,18,19). The summed E-state index contributed by atoms with van der Waals surface area (Å²) < 4.78 is 0. The van der Waals surface area contributed by atoms with Gasteiger partial charge >= 0.3 is 0 Å². The largest absolute Gasteiger partial charge is 0.508 e. The Labute approximate surface area is 122 Å². The molecule has 0 aliphatic heterocycles. The van der Waals surface area contributed by atoms with E-state index in [4.69, 9.17) is 0 Å². The zero-order valence-electron chi connectivity index (χ0n) is 11.2. The molecule has 0 aliphatic rings. The van der Waals surface area contributed by atoms with Crippen LogP contribution in [0.25, 0.3) is 11.1 Å². The molecule has 0 saturated carbocycles. The number of aromatic nitrogens is 1. The van der Waals surface area contributed by atoms with Crippen molar-refractivity contribution in [2.24, 2.45) is 0 Å². The second kappa shape index (κ2) is 5.54. The highest BCUT2D eigenvalue weighted by Gasteiger charge is 2.01. The van der Waals surface area contributed by atoms with Gasteiger partial charge in [0, 0.05) is 11.9 Å². The van der Waals surface area contributed by atoms with Gasteiger partial charge in [0.1, 0.15) is 17.3 Å². The van der Waals surface area contributed by atoms with Gasteiger partial charge in [-0.05, 0) is 59.7 Å². The highest BCUT2D eigenvalue weighted by atomic mass is 16.3. The molecule has 0 aliphatic carbocycles. The van der Waals surface area contributed by atoms with Crippen LogP contribution in [-0.2, 0) is 0 Å². The maximum absolute atomic E-state index is 9.33. The highest BCUT2D eigenvalue weighted by Crippen LogP contribution is 2.25. The summed E-state index contributed by atoms with van der Waals surface area (Å²) in [4.78, 5) is 4.28. The first-order valence-corrected chi connectivity index (χ1v) is 6.52. The van der Waals surface area contributed by atoms with Crippen LogP contribution in [0.2, 0.25) is 0 Å². The molecular weight excluding hydrogens is 264 g/mol. The lowest BCUT2D eigenvalue weighted by atomic mass is 10.1. The van der Waals surface area contributed by atoms with Crippen molar-refractivity contribution < 1.29 is 10.2 Å². The molecule has 1 aromatic heterocycles. The molecule has 0 spiro atoms. The molecule has 0 saturated heterocycles. The summed E-state index contributed by atoms with van der Waals surface area (Å²) in [6.07, 6.45) is 1.73. The molecule has 3 aromatic rings. The Balaban J connectivity index is 1.86. The predicted molar refractivity (Wildman–Crippen MR) is 82.7 cm³/mol. The van der Waals surface area contributed by atoms with E-state index in [1.807, 2.05) is 24.3 Å². The topological polar surface area (TPSA) is 65.4 Å². The van der Waals surface area contributed by atoms with E-state index in [0.29, 0.717) is 5.82 Å². The second-order valence-electron chi connectivity index (χ2n) is 4.65. The molecule has 4 heteroatoms. The summed E-state index contributed by atoms with van der Waals surface area (Å²) >= 11 is 0. The minimum absolute atomic E-state index is 0.228. The van der Waals surface area contributed by atoms with Gasteiger partial charge in [0.25, 0.3) is 0 Å². The van der Waals surface area contributed by atoms with Gasteiger partial charge in [0.2, 0.25) is 0 Å². The Morgan fingerprint density at radius 1 is 0.714 bits per heavy atom. The van der Waals surface area contributed by atoms with Gasteiger partial charge < -0.3 is 15.5 Å². The molecule has 1 heterocycles. The molecule has 3 N–H and O–H groups in total. The van der Waals surface area contributed by atoms with Crippen LogP contribution in [0.15, 0.2) is 66.9 Å². The van der Waals surface area contributed by atoms with Crippen molar-refractivity contribution in [2.75, 3.05) is 5.32 Å². The molecule has 0 fully saturated rings. The third kappa shape index (κ3) is 3.12. The smallest absolute Gasteiger partial charge is 0.130 e. The third-order valence-corrected chi connectivity index (χ3v) is 3.10. The predicted octanol–water partition coefficient (Wildman–Crippen LogP) is 3.90. The molecule has 0 amide bonds. The molecule has 0 bridgehead atoms. The van der Waals surface area contributed by atoms with Crippen molar-refractivity contribution >= 4 is 11.5 Å². The second-order valence-corrected chi connectivity index (χ2v) is 4.65. The average molecular weight is 278 g/mol. The van der Waals surface area contributed by atoms with Crippen LogP contribution >= 0.6 is 0 Å². The number of phenols is 2. The molecule has 0 unspecified atom stereocenters. The van der Waals surface area contributed by atoms with Crippen LogP contribution in [0.3, 0.4) is 0 Å². The van der Waals surface area contributed by atoms with E-state index >= 15 is 0 Å². The van der Waals surface area contributed by atoms with Crippen molar-refractivity contribution in [1.82, 2.24) is 4.98 Å². The number of nitrogens with one attached hydrogen (secondary N) is 1. The van der Waals surface area contributed by atoms with Crippen molar-refractivity contribution in [3.05, 3.63) is 66.9 Å². The number of aromatic hydroxyl groups is 2. The number of nitrogens with zero attached hydrogens (tertiary/aromatic N) is 1. The first-order chi connectivity index (χ1) is 10.2. The lowest BCUT2D eigenvalue weighted by molar-refractivity contribution is 0.475. The number of rotatable bonds is 3. The number of pyridine rings is 1. The Bertz CT molecular complexity index is 737. The van der Waals surface area contributed by atoms with E-state index in [-0.39, 0.29) is 11.5 Å². The monoisotopic (exact) mass is 278 g/mol. The summed E-state index contributed by atoms with van der Waals surface area (Å²) in [6, 6.07) is 17.7. The summed E-state index contributed by atoms with van der Waals surface area (Å²) in [5.41, 5.74) is 2.86. The quantitative estimate of drug-likeness (QED) is 0.636. The molecule has 0 radical (unpaired) electrons. The van der Waals surface area contributed by atoms with E-state index in [9.17, 15) is 10.2 Å². The number of phenolic OH excluding ortho intramolecular Hbond substituents is 2. The molecule has 0 atom stereocenters. The van der Waals surface area contributed by atoms with Crippen LogP contribution in [-0.4, -0.2) is 15.2 Å².